The van der Waals surface area contributed by atoms with Crippen LogP contribution in [0.25, 0.3) is 33.3 Å². The fourth-order valence-electron chi connectivity index (χ4n) is 5.50. The van der Waals surface area contributed by atoms with Crippen LogP contribution in [0.2, 0.25) is 5.02 Å². The Labute approximate surface area is 246 Å². The lowest BCUT2D eigenvalue weighted by Gasteiger charge is -2.17. The highest BCUT2D eigenvalue weighted by molar-refractivity contribution is 7.90. The average Bonchev–Trinajstić information content (AvgIpc) is 3.70. The lowest BCUT2D eigenvalue weighted by Crippen LogP contribution is -2.14. The molecule has 4 nitrogen and oxygen atoms in total. The normalized spacial score (nSPS) is 17.9. The predicted octanol–water partition coefficient (Wildman–Crippen LogP) is 8.68. The summed E-state index contributed by atoms with van der Waals surface area (Å²) in [6.45, 7) is 1.91. The van der Waals surface area contributed by atoms with Crippen molar-refractivity contribution in [2.45, 2.75) is 30.1 Å². The van der Waals surface area contributed by atoms with Gasteiger partial charge in [-0.2, -0.15) is 3.97 Å². The molecule has 0 spiro atoms. The lowest BCUT2D eigenvalue weighted by atomic mass is 9.94. The standard InChI is InChI=1S/C32H25ClF2NO3PS/c1-17-4-2-7-26(33)28(17)29-25-15-21(34)10-13-27(25)36(41(39)22-11-8-18(9-12-22)31(35)40)30(29)20-6-3-5-19(14-20)23-16-24(23)32(37)38/h2-15,23-24,31H,16,40H2,1H3,(H,37,38). The number of hydrogen-bond donors (Lipinski definition) is 1. The van der Waals surface area contributed by atoms with E-state index in [0.717, 1.165) is 11.1 Å². The number of aliphatic carboxylic acids is 1. The number of halogens is 3. The van der Waals surface area contributed by atoms with Crippen molar-refractivity contribution in [3.05, 3.63) is 112 Å². The van der Waals surface area contributed by atoms with Gasteiger partial charge in [-0.25, -0.2) is 8.78 Å². The Bertz CT molecular complexity index is 1790. The number of carboxylic acid groups (broad SMARTS) is 1. The zero-order valence-electron chi connectivity index (χ0n) is 21.9. The maximum Gasteiger partial charge on any atom is 0.307 e. The van der Waals surface area contributed by atoms with Crippen molar-refractivity contribution in [1.82, 2.24) is 3.97 Å². The van der Waals surface area contributed by atoms with Gasteiger partial charge in [0.2, 0.25) is 0 Å². The van der Waals surface area contributed by atoms with Crippen LogP contribution >= 0.6 is 20.8 Å². The second-order valence-electron chi connectivity index (χ2n) is 10.2. The molecule has 1 heterocycles. The Hall–Kier alpha value is -3.22. The van der Waals surface area contributed by atoms with Crippen LogP contribution in [0.4, 0.5) is 8.78 Å². The highest BCUT2D eigenvalue weighted by Crippen LogP contribution is 2.50. The SMILES string of the molecule is Cc1cccc(Cl)c1-c1c(-c2cccc(C3CC3C(=O)O)c2)n([S+]([O-])c2ccc(C(F)P)cc2)c2ccc(F)cc12. The molecule has 6 rings (SSSR count). The summed E-state index contributed by atoms with van der Waals surface area (Å²) in [5.74, 6) is -3.10. The minimum atomic E-state index is -1.82. The third kappa shape index (κ3) is 5.06. The Kier molecular flexibility index (Phi) is 7.41. The second-order valence-corrected chi connectivity index (χ2v) is 12.6. The average molecular weight is 608 g/mol. The molecule has 0 saturated heterocycles. The second kappa shape index (κ2) is 10.9. The largest absolute Gasteiger partial charge is 0.587 e. The van der Waals surface area contributed by atoms with E-state index in [1.807, 2.05) is 43.3 Å². The molecule has 208 valence electrons. The van der Waals surface area contributed by atoms with E-state index >= 15 is 0 Å². The van der Waals surface area contributed by atoms with Crippen LogP contribution in [0.3, 0.4) is 0 Å². The lowest BCUT2D eigenvalue weighted by molar-refractivity contribution is -0.138. The van der Waals surface area contributed by atoms with Crippen molar-refractivity contribution in [1.29, 1.82) is 0 Å². The van der Waals surface area contributed by atoms with Gasteiger partial charge in [-0.1, -0.05) is 63.3 Å². The summed E-state index contributed by atoms with van der Waals surface area (Å²) < 4.78 is 44.7. The summed E-state index contributed by atoms with van der Waals surface area (Å²) in [6.07, 6.45) is 0.549. The van der Waals surface area contributed by atoms with Crippen molar-refractivity contribution < 1.29 is 23.2 Å². The molecule has 1 aliphatic rings. The molecule has 5 atom stereocenters. The number of aryl methyl sites for hydroxylation is 1. The van der Waals surface area contributed by atoms with Crippen molar-refractivity contribution >= 4 is 49.1 Å². The van der Waals surface area contributed by atoms with Gasteiger partial charge in [0.15, 0.2) is 4.90 Å². The molecule has 5 aromatic rings. The zero-order valence-corrected chi connectivity index (χ0v) is 24.6. The third-order valence-corrected chi connectivity index (χ3v) is 9.71. The summed E-state index contributed by atoms with van der Waals surface area (Å²) >= 11 is 4.96. The molecule has 0 aliphatic heterocycles. The van der Waals surface area contributed by atoms with Crippen LogP contribution in [-0.2, 0) is 16.2 Å². The number of rotatable bonds is 7. The van der Waals surface area contributed by atoms with Crippen LogP contribution in [0.15, 0.2) is 89.8 Å². The van der Waals surface area contributed by atoms with Crippen molar-refractivity contribution in [3.8, 4) is 22.4 Å². The van der Waals surface area contributed by atoms with Crippen LogP contribution < -0.4 is 0 Å². The van der Waals surface area contributed by atoms with Gasteiger partial charge in [0.05, 0.1) is 11.4 Å². The highest BCUT2D eigenvalue weighted by atomic mass is 35.5. The van der Waals surface area contributed by atoms with Crippen molar-refractivity contribution in [2.75, 3.05) is 0 Å². The first-order chi connectivity index (χ1) is 19.7. The van der Waals surface area contributed by atoms with Gasteiger partial charge in [0.1, 0.15) is 28.8 Å². The summed E-state index contributed by atoms with van der Waals surface area (Å²) in [6, 6.07) is 23.8. The van der Waals surface area contributed by atoms with E-state index in [9.17, 15) is 23.2 Å². The van der Waals surface area contributed by atoms with E-state index in [0.29, 0.717) is 55.2 Å². The molecule has 5 unspecified atom stereocenters. The third-order valence-electron chi connectivity index (χ3n) is 7.62. The first-order valence-corrected chi connectivity index (χ1v) is 15.1. The van der Waals surface area contributed by atoms with Gasteiger partial charge in [-0.3, -0.25) is 4.79 Å². The van der Waals surface area contributed by atoms with E-state index in [-0.39, 0.29) is 5.92 Å². The van der Waals surface area contributed by atoms with Crippen molar-refractivity contribution in [3.63, 3.8) is 0 Å². The van der Waals surface area contributed by atoms with E-state index in [4.69, 9.17) is 11.6 Å². The van der Waals surface area contributed by atoms with Crippen LogP contribution in [0.1, 0.15) is 34.9 Å². The monoisotopic (exact) mass is 607 g/mol. The molecule has 4 aromatic carbocycles. The zero-order chi connectivity index (χ0) is 29.0. The number of hydrogen-bond acceptors (Lipinski definition) is 2. The minimum absolute atomic E-state index is 0.119. The fourth-order valence-corrected chi connectivity index (χ4v) is 7.32. The van der Waals surface area contributed by atoms with Gasteiger partial charge in [-0.15, -0.1) is 0 Å². The Morgan fingerprint density at radius 3 is 2.46 bits per heavy atom. The van der Waals surface area contributed by atoms with Gasteiger partial charge in [0, 0.05) is 27.1 Å². The molecular weight excluding hydrogens is 583 g/mol. The van der Waals surface area contributed by atoms with E-state index < -0.39 is 35.0 Å². The summed E-state index contributed by atoms with van der Waals surface area (Å²) in [7, 11) is 2.10. The van der Waals surface area contributed by atoms with Gasteiger partial charge < -0.3 is 9.66 Å². The molecule has 1 N–H and O–H groups in total. The Morgan fingerprint density at radius 2 is 1.80 bits per heavy atom. The predicted molar refractivity (Wildman–Crippen MR) is 163 cm³/mol. The van der Waals surface area contributed by atoms with Crippen molar-refractivity contribution in [2.24, 2.45) is 5.92 Å². The molecule has 1 fully saturated rings. The van der Waals surface area contributed by atoms with Crippen LogP contribution in [-0.4, -0.2) is 19.6 Å². The number of carbonyl (C=O) groups is 1. The number of fused-ring (bicyclic) bond motifs is 1. The van der Waals surface area contributed by atoms with E-state index in [1.165, 1.54) is 12.1 Å². The molecule has 0 amide bonds. The minimum Gasteiger partial charge on any atom is -0.587 e. The fraction of sp³-hybridized carbons (Fsp3) is 0.156. The maximum atomic E-state index is 14.8. The Balaban J connectivity index is 1.66. The number of benzene rings is 4. The molecule has 1 aliphatic carbocycles. The molecular formula is C32H25ClF2NO3PS. The number of carboxylic acids is 1. The summed E-state index contributed by atoms with van der Waals surface area (Å²) in [5.41, 5.74) is 5.27. The van der Waals surface area contributed by atoms with Crippen LogP contribution in [0, 0.1) is 18.7 Å². The van der Waals surface area contributed by atoms with Gasteiger partial charge in [-0.05, 0) is 78.4 Å². The number of alkyl halides is 1. The molecule has 1 aromatic heterocycles. The molecule has 0 bridgehead atoms. The molecule has 0 radical (unpaired) electrons. The number of nitrogens with zero attached hydrogens (tertiary/aromatic N) is 1. The van der Waals surface area contributed by atoms with Gasteiger partial charge >= 0.3 is 5.97 Å². The van der Waals surface area contributed by atoms with Gasteiger partial charge in [0.25, 0.3) is 0 Å². The van der Waals surface area contributed by atoms with Crippen LogP contribution in [0.5, 0.6) is 0 Å². The Morgan fingerprint density at radius 1 is 1.07 bits per heavy atom. The number of aromatic nitrogens is 1. The summed E-state index contributed by atoms with van der Waals surface area (Å²) in [4.78, 5) is 12.0. The topological polar surface area (TPSA) is 65.3 Å². The van der Waals surface area contributed by atoms with E-state index in [1.54, 1.807) is 40.4 Å². The van der Waals surface area contributed by atoms with E-state index in [2.05, 4.69) is 9.24 Å². The maximum absolute atomic E-state index is 14.8. The quantitative estimate of drug-likeness (QED) is 0.149. The smallest absolute Gasteiger partial charge is 0.307 e. The summed E-state index contributed by atoms with van der Waals surface area (Å²) in [5, 5.41) is 10.5. The highest BCUT2D eigenvalue weighted by Gasteiger charge is 2.44. The molecule has 41 heavy (non-hydrogen) atoms. The molecule has 1 saturated carbocycles. The first-order valence-electron chi connectivity index (χ1n) is 13.0. The molecule has 9 heteroatoms. The first kappa shape index (κ1) is 27.9.